The van der Waals surface area contributed by atoms with Gasteiger partial charge in [0.1, 0.15) is 0 Å². The van der Waals surface area contributed by atoms with Crippen molar-refractivity contribution in [2.75, 3.05) is 17.3 Å². The Morgan fingerprint density at radius 1 is 1.38 bits per heavy atom. The monoisotopic (exact) mass is 218 g/mol. The molecule has 1 N–H and O–H groups in total. The summed E-state index contributed by atoms with van der Waals surface area (Å²) >= 11 is 0. The highest BCUT2D eigenvalue weighted by molar-refractivity contribution is 5.99. The van der Waals surface area contributed by atoms with Crippen LogP contribution >= 0.6 is 0 Å². The van der Waals surface area contributed by atoms with Gasteiger partial charge in [-0.15, -0.1) is 0 Å². The Labute approximate surface area is 96.5 Å². The van der Waals surface area contributed by atoms with Gasteiger partial charge in [-0.1, -0.05) is 6.07 Å². The van der Waals surface area contributed by atoms with E-state index in [9.17, 15) is 4.79 Å². The summed E-state index contributed by atoms with van der Waals surface area (Å²) in [5.41, 5.74) is 4.48. The maximum absolute atomic E-state index is 11.9. The molecule has 0 aliphatic carbocycles. The van der Waals surface area contributed by atoms with Gasteiger partial charge in [-0.05, 0) is 38.0 Å². The minimum atomic E-state index is 0.174. The number of fused-ring (bicyclic) bond motifs is 1. The molecule has 0 saturated carbocycles. The van der Waals surface area contributed by atoms with E-state index < -0.39 is 0 Å². The standard InChI is InChI=1S/C13H18N2O/c1-8-5-6-11-13(10(8)3)15(4)12(16)7-9(2)14-11/h5-6,9,14H,7H2,1-4H3. The topological polar surface area (TPSA) is 32.3 Å². The lowest BCUT2D eigenvalue weighted by molar-refractivity contribution is -0.118. The average molecular weight is 218 g/mol. The van der Waals surface area contributed by atoms with Crippen LogP contribution in [0, 0.1) is 13.8 Å². The van der Waals surface area contributed by atoms with E-state index in [4.69, 9.17) is 0 Å². The number of nitrogens with zero attached hydrogens (tertiary/aromatic N) is 1. The van der Waals surface area contributed by atoms with Crippen molar-refractivity contribution in [1.29, 1.82) is 0 Å². The molecular formula is C13H18N2O. The minimum Gasteiger partial charge on any atom is -0.380 e. The van der Waals surface area contributed by atoms with Gasteiger partial charge >= 0.3 is 0 Å². The molecule has 1 aliphatic rings. The average Bonchev–Trinajstić information content (AvgIpc) is 2.32. The summed E-state index contributed by atoms with van der Waals surface area (Å²) in [6.45, 7) is 6.17. The third kappa shape index (κ3) is 1.66. The van der Waals surface area contributed by atoms with E-state index in [0.717, 1.165) is 11.4 Å². The highest BCUT2D eigenvalue weighted by atomic mass is 16.2. The van der Waals surface area contributed by atoms with Gasteiger partial charge in [0.2, 0.25) is 5.91 Å². The number of amides is 1. The summed E-state index contributed by atoms with van der Waals surface area (Å²) < 4.78 is 0. The first kappa shape index (κ1) is 11.0. The van der Waals surface area contributed by atoms with Crippen molar-refractivity contribution in [2.24, 2.45) is 0 Å². The molecule has 0 aromatic heterocycles. The summed E-state index contributed by atoms with van der Waals surface area (Å²) in [7, 11) is 1.85. The van der Waals surface area contributed by atoms with E-state index in [2.05, 4.69) is 31.3 Å². The second kappa shape index (κ2) is 3.81. The fraction of sp³-hybridized carbons (Fsp3) is 0.462. The molecule has 0 radical (unpaired) electrons. The Morgan fingerprint density at radius 2 is 2.06 bits per heavy atom. The molecule has 0 spiro atoms. The lowest BCUT2D eigenvalue weighted by Gasteiger charge is -2.21. The highest BCUT2D eigenvalue weighted by Crippen LogP contribution is 2.34. The molecule has 1 heterocycles. The van der Waals surface area contributed by atoms with Crippen LogP contribution in [0.4, 0.5) is 11.4 Å². The maximum atomic E-state index is 11.9. The normalized spacial score (nSPS) is 20.1. The molecule has 86 valence electrons. The largest absolute Gasteiger partial charge is 0.380 e. The second-order valence-corrected chi connectivity index (χ2v) is 4.61. The Kier molecular flexibility index (Phi) is 2.62. The molecule has 1 amide bonds. The fourth-order valence-electron chi connectivity index (χ4n) is 2.19. The number of benzene rings is 1. The number of aryl methyl sites for hydroxylation is 1. The summed E-state index contributed by atoms with van der Waals surface area (Å²) in [5.74, 6) is 0.174. The van der Waals surface area contributed by atoms with Crippen molar-refractivity contribution in [3.63, 3.8) is 0 Å². The van der Waals surface area contributed by atoms with Gasteiger partial charge in [-0.3, -0.25) is 4.79 Å². The van der Waals surface area contributed by atoms with Gasteiger partial charge < -0.3 is 10.2 Å². The van der Waals surface area contributed by atoms with E-state index in [-0.39, 0.29) is 11.9 Å². The van der Waals surface area contributed by atoms with Crippen LogP contribution in [-0.2, 0) is 4.79 Å². The molecule has 1 aromatic rings. The zero-order valence-electron chi connectivity index (χ0n) is 10.3. The highest BCUT2D eigenvalue weighted by Gasteiger charge is 2.24. The van der Waals surface area contributed by atoms with Crippen LogP contribution < -0.4 is 10.2 Å². The van der Waals surface area contributed by atoms with E-state index >= 15 is 0 Å². The van der Waals surface area contributed by atoms with Crippen molar-refractivity contribution in [3.8, 4) is 0 Å². The Balaban J connectivity index is 2.60. The number of carbonyl (C=O) groups is 1. The Hall–Kier alpha value is -1.51. The first-order valence-electron chi connectivity index (χ1n) is 5.64. The number of hydrogen-bond donors (Lipinski definition) is 1. The molecule has 1 atom stereocenters. The Morgan fingerprint density at radius 3 is 2.75 bits per heavy atom. The van der Waals surface area contributed by atoms with Crippen LogP contribution in [0.3, 0.4) is 0 Å². The molecule has 3 nitrogen and oxygen atoms in total. The smallest absolute Gasteiger partial charge is 0.228 e. The summed E-state index contributed by atoms with van der Waals surface area (Å²) in [6.07, 6.45) is 0.545. The van der Waals surface area contributed by atoms with E-state index in [1.807, 2.05) is 14.0 Å². The van der Waals surface area contributed by atoms with Crippen LogP contribution in [0.15, 0.2) is 12.1 Å². The van der Waals surface area contributed by atoms with Crippen molar-refractivity contribution < 1.29 is 4.79 Å². The molecule has 0 saturated heterocycles. The first-order chi connectivity index (χ1) is 7.50. The quantitative estimate of drug-likeness (QED) is 0.725. The zero-order chi connectivity index (χ0) is 11.9. The zero-order valence-corrected chi connectivity index (χ0v) is 10.3. The molecule has 0 bridgehead atoms. The van der Waals surface area contributed by atoms with Gasteiger partial charge in [0, 0.05) is 19.5 Å². The molecule has 1 aromatic carbocycles. The van der Waals surface area contributed by atoms with Crippen LogP contribution in [0.1, 0.15) is 24.5 Å². The third-order valence-electron chi connectivity index (χ3n) is 3.29. The molecule has 16 heavy (non-hydrogen) atoms. The predicted molar refractivity (Wildman–Crippen MR) is 67.0 cm³/mol. The summed E-state index contributed by atoms with van der Waals surface area (Å²) in [4.78, 5) is 13.7. The van der Waals surface area contributed by atoms with Crippen molar-refractivity contribution in [1.82, 2.24) is 0 Å². The third-order valence-corrected chi connectivity index (χ3v) is 3.29. The number of carbonyl (C=O) groups excluding carboxylic acids is 1. The van der Waals surface area contributed by atoms with E-state index in [0.29, 0.717) is 6.42 Å². The van der Waals surface area contributed by atoms with Gasteiger partial charge in [0.05, 0.1) is 11.4 Å². The van der Waals surface area contributed by atoms with Gasteiger partial charge in [-0.25, -0.2) is 0 Å². The molecule has 2 rings (SSSR count). The van der Waals surface area contributed by atoms with Crippen molar-refractivity contribution in [3.05, 3.63) is 23.3 Å². The van der Waals surface area contributed by atoms with Crippen LogP contribution in [0.2, 0.25) is 0 Å². The molecule has 1 aliphatic heterocycles. The van der Waals surface area contributed by atoms with Gasteiger partial charge in [0.25, 0.3) is 0 Å². The van der Waals surface area contributed by atoms with Gasteiger partial charge in [0.15, 0.2) is 0 Å². The lowest BCUT2D eigenvalue weighted by Crippen LogP contribution is -2.27. The summed E-state index contributed by atoms with van der Waals surface area (Å²) in [5, 5.41) is 3.39. The first-order valence-corrected chi connectivity index (χ1v) is 5.64. The van der Waals surface area contributed by atoms with E-state index in [1.165, 1.54) is 11.1 Å². The van der Waals surface area contributed by atoms with Crippen molar-refractivity contribution >= 4 is 17.3 Å². The summed E-state index contributed by atoms with van der Waals surface area (Å²) in [6, 6.07) is 4.35. The number of hydrogen-bond acceptors (Lipinski definition) is 2. The second-order valence-electron chi connectivity index (χ2n) is 4.61. The lowest BCUT2D eigenvalue weighted by atomic mass is 10.1. The number of nitrogens with one attached hydrogen (secondary N) is 1. The van der Waals surface area contributed by atoms with Crippen LogP contribution in [0.5, 0.6) is 0 Å². The fourth-order valence-corrected chi connectivity index (χ4v) is 2.19. The molecule has 3 heteroatoms. The molecule has 0 fully saturated rings. The van der Waals surface area contributed by atoms with Crippen molar-refractivity contribution in [2.45, 2.75) is 33.2 Å². The number of rotatable bonds is 0. The Bertz CT molecular complexity index is 440. The number of anilines is 2. The maximum Gasteiger partial charge on any atom is 0.228 e. The molecule has 1 unspecified atom stereocenters. The molecular weight excluding hydrogens is 200 g/mol. The van der Waals surface area contributed by atoms with Crippen LogP contribution in [0.25, 0.3) is 0 Å². The predicted octanol–water partition coefficient (Wildman–Crippen LogP) is 2.47. The van der Waals surface area contributed by atoms with Crippen LogP contribution in [-0.4, -0.2) is 19.0 Å². The minimum absolute atomic E-state index is 0.174. The SMILES string of the molecule is Cc1ccc2c(c1C)N(C)C(=O)CC(C)N2. The van der Waals surface area contributed by atoms with Gasteiger partial charge in [-0.2, -0.15) is 0 Å². The van der Waals surface area contributed by atoms with E-state index in [1.54, 1.807) is 4.90 Å².